The Kier molecular flexibility index (Phi) is 2.35. The molecule has 2 heterocycles. The van der Waals surface area contributed by atoms with E-state index in [4.69, 9.17) is 15.7 Å². The zero-order chi connectivity index (χ0) is 11.9. The van der Waals surface area contributed by atoms with Crippen LogP contribution in [0.3, 0.4) is 0 Å². The van der Waals surface area contributed by atoms with Crippen molar-refractivity contribution in [2.24, 2.45) is 11.7 Å². The number of fused-ring (bicyclic) bond motifs is 1. The fourth-order valence-electron chi connectivity index (χ4n) is 2.11. The van der Waals surface area contributed by atoms with Crippen LogP contribution in [-0.4, -0.2) is 10.2 Å². The Morgan fingerprint density at radius 2 is 2.25 bits per heavy atom. The number of hydrogen-bond acceptors (Lipinski definition) is 4. The van der Waals surface area contributed by atoms with E-state index in [9.17, 15) is 0 Å². The summed E-state index contributed by atoms with van der Waals surface area (Å²) in [6.07, 6.45) is 0. The molecule has 0 bridgehead atoms. The van der Waals surface area contributed by atoms with Gasteiger partial charge in [-0.2, -0.15) is 5.26 Å². The summed E-state index contributed by atoms with van der Waals surface area (Å²) < 4.78 is 5.33. The fourth-order valence-corrected chi connectivity index (χ4v) is 2.11. The van der Waals surface area contributed by atoms with Crippen molar-refractivity contribution < 1.29 is 4.74 Å². The Labute approximate surface area is 93.9 Å². The molecular weight excluding hydrogens is 204 g/mol. The molecule has 16 heavy (non-hydrogen) atoms. The standard InChI is InChI=1S/C11H14N4O/c1-5(2)8-7(4-12)10(13)16-11-9(8)6(3)14-15-11/h5,8H,13H2,1-3H3,(H,14,15)/t8-/m0/s1. The van der Waals surface area contributed by atoms with Crippen LogP contribution in [0.25, 0.3) is 0 Å². The van der Waals surface area contributed by atoms with Crippen LogP contribution < -0.4 is 10.5 Å². The van der Waals surface area contributed by atoms with Crippen molar-refractivity contribution in [3.63, 3.8) is 0 Å². The number of aromatic amines is 1. The SMILES string of the molecule is Cc1[nH]nc2c1[C@@H](C(C)C)C(C#N)=C(N)O2. The Hall–Kier alpha value is -1.96. The number of H-pyrrole nitrogens is 1. The highest BCUT2D eigenvalue weighted by molar-refractivity contribution is 5.48. The predicted molar refractivity (Wildman–Crippen MR) is 58.4 cm³/mol. The van der Waals surface area contributed by atoms with Crippen molar-refractivity contribution in [3.8, 4) is 11.9 Å². The number of nitrogens with zero attached hydrogens (tertiary/aromatic N) is 2. The van der Waals surface area contributed by atoms with E-state index < -0.39 is 0 Å². The summed E-state index contributed by atoms with van der Waals surface area (Å²) in [4.78, 5) is 0. The maximum absolute atomic E-state index is 9.14. The van der Waals surface area contributed by atoms with Crippen LogP contribution in [0.1, 0.15) is 31.0 Å². The van der Waals surface area contributed by atoms with Gasteiger partial charge in [0, 0.05) is 17.2 Å². The third-order valence-electron chi connectivity index (χ3n) is 2.84. The molecule has 0 spiro atoms. The third-order valence-corrected chi connectivity index (χ3v) is 2.84. The van der Waals surface area contributed by atoms with Crippen molar-refractivity contribution in [2.45, 2.75) is 26.7 Å². The first-order valence-corrected chi connectivity index (χ1v) is 5.18. The molecule has 5 heteroatoms. The van der Waals surface area contributed by atoms with Gasteiger partial charge in [0.25, 0.3) is 0 Å². The summed E-state index contributed by atoms with van der Waals surface area (Å²) in [5.41, 5.74) is 8.09. The molecule has 0 saturated heterocycles. The fraction of sp³-hybridized carbons (Fsp3) is 0.455. The van der Waals surface area contributed by atoms with E-state index in [0.717, 1.165) is 11.3 Å². The average Bonchev–Trinajstić information content (AvgIpc) is 2.57. The van der Waals surface area contributed by atoms with E-state index in [1.807, 2.05) is 6.92 Å². The van der Waals surface area contributed by atoms with Crippen LogP contribution in [0.5, 0.6) is 5.88 Å². The van der Waals surface area contributed by atoms with Crippen LogP contribution >= 0.6 is 0 Å². The number of aromatic nitrogens is 2. The molecule has 1 aromatic heterocycles. The van der Waals surface area contributed by atoms with Crippen molar-refractivity contribution >= 4 is 0 Å². The normalized spacial score (nSPS) is 19.3. The molecule has 1 atom stereocenters. The van der Waals surface area contributed by atoms with Gasteiger partial charge in [0.2, 0.25) is 11.8 Å². The average molecular weight is 218 g/mol. The number of hydrogen-bond donors (Lipinski definition) is 2. The first-order valence-electron chi connectivity index (χ1n) is 5.18. The number of nitrogens with two attached hydrogens (primary N) is 1. The summed E-state index contributed by atoms with van der Waals surface area (Å²) in [5, 5.41) is 16.0. The van der Waals surface area contributed by atoms with E-state index >= 15 is 0 Å². The zero-order valence-electron chi connectivity index (χ0n) is 9.53. The number of nitriles is 1. The maximum Gasteiger partial charge on any atom is 0.243 e. The topological polar surface area (TPSA) is 87.7 Å². The van der Waals surface area contributed by atoms with Crippen molar-refractivity contribution in [2.75, 3.05) is 0 Å². The Bertz CT molecular complexity index is 493. The van der Waals surface area contributed by atoms with E-state index in [-0.39, 0.29) is 17.7 Å². The lowest BCUT2D eigenvalue weighted by atomic mass is 9.82. The van der Waals surface area contributed by atoms with Crippen molar-refractivity contribution in [1.29, 1.82) is 5.26 Å². The first-order chi connectivity index (χ1) is 7.56. The summed E-state index contributed by atoms with van der Waals surface area (Å²) in [6, 6.07) is 2.13. The number of nitrogens with one attached hydrogen (secondary N) is 1. The molecule has 1 aromatic rings. The second kappa shape index (κ2) is 3.56. The lowest BCUT2D eigenvalue weighted by Gasteiger charge is -2.25. The van der Waals surface area contributed by atoms with Gasteiger partial charge < -0.3 is 10.5 Å². The molecule has 0 radical (unpaired) electrons. The van der Waals surface area contributed by atoms with Crippen molar-refractivity contribution in [3.05, 3.63) is 22.7 Å². The second-order valence-corrected chi connectivity index (χ2v) is 4.28. The number of ether oxygens (including phenoxy) is 1. The molecule has 1 aliphatic heterocycles. The maximum atomic E-state index is 9.14. The van der Waals surface area contributed by atoms with Gasteiger partial charge in [-0.05, 0) is 12.8 Å². The quantitative estimate of drug-likeness (QED) is 0.748. The molecule has 84 valence electrons. The van der Waals surface area contributed by atoms with Gasteiger partial charge in [-0.15, -0.1) is 5.10 Å². The predicted octanol–water partition coefficient (Wildman–Crippen LogP) is 1.54. The molecule has 2 rings (SSSR count). The van der Waals surface area contributed by atoms with E-state index in [1.54, 1.807) is 0 Å². The zero-order valence-corrected chi connectivity index (χ0v) is 9.53. The lowest BCUT2D eigenvalue weighted by Crippen LogP contribution is -2.23. The highest BCUT2D eigenvalue weighted by Gasteiger charge is 2.34. The van der Waals surface area contributed by atoms with Gasteiger partial charge in [0.15, 0.2) is 0 Å². The molecule has 1 aliphatic rings. The molecule has 3 N–H and O–H groups in total. The van der Waals surface area contributed by atoms with E-state index in [1.165, 1.54) is 0 Å². The van der Waals surface area contributed by atoms with Crippen LogP contribution in [0, 0.1) is 24.2 Å². The molecule has 0 fully saturated rings. The molecule has 0 unspecified atom stereocenters. The first kappa shape index (κ1) is 10.6. The van der Waals surface area contributed by atoms with Crippen molar-refractivity contribution in [1.82, 2.24) is 10.2 Å². The van der Waals surface area contributed by atoms with Gasteiger partial charge in [0.1, 0.15) is 6.07 Å². The van der Waals surface area contributed by atoms with Crippen LogP contribution in [0.4, 0.5) is 0 Å². The molecule has 5 nitrogen and oxygen atoms in total. The van der Waals surface area contributed by atoms with E-state index in [2.05, 4.69) is 30.1 Å². The number of rotatable bonds is 1. The molecule has 0 aromatic carbocycles. The molecular formula is C11H14N4O. The lowest BCUT2D eigenvalue weighted by molar-refractivity contribution is 0.360. The minimum absolute atomic E-state index is 0.0347. The molecule has 0 amide bonds. The monoisotopic (exact) mass is 218 g/mol. The van der Waals surface area contributed by atoms with Crippen LogP contribution in [0.2, 0.25) is 0 Å². The third kappa shape index (κ3) is 1.34. The van der Waals surface area contributed by atoms with Gasteiger partial charge in [-0.25, -0.2) is 0 Å². The van der Waals surface area contributed by atoms with Crippen LogP contribution in [-0.2, 0) is 0 Å². The van der Waals surface area contributed by atoms with Gasteiger partial charge in [-0.3, -0.25) is 5.10 Å². The Morgan fingerprint density at radius 3 is 2.81 bits per heavy atom. The highest BCUT2D eigenvalue weighted by atomic mass is 16.5. The number of aryl methyl sites for hydroxylation is 1. The van der Waals surface area contributed by atoms with E-state index in [0.29, 0.717) is 11.5 Å². The second-order valence-electron chi connectivity index (χ2n) is 4.28. The molecule has 0 aliphatic carbocycles. The van der Waals surface area contributed by atoms with Gasteiger partial charge >= 0.3 is 0 Å². The minimum Gasteiger partial charge on any atom is -0.420 e. The summed E-state index contributed by atoms with van der Waals surface area (Å²) >= 11 is 0. The largest absolute Gasteiger partial charge is 0.420 e. The van der Waals surface area contributed by atoms with Gasteiger partial charge in [0.05, 0.1) is 5.57 Å². The minimum atomic E-state index is -0.0347. The Balaban J connectivity index is 2.61. The Morgan fingerprint density at radius 1 is 1.56 bits per heavy atom. The highest BCUT2D eigenvalue weighted by Crippen LogP contribution is 2.42. The van der Waals surface area contributed by atoms with Gasteiger partial charge in [-0.1, -0.05) is 13.8 Å². The summed E-state index contributed by atoms with van der Waals surface area (Å²) in [7, 11) is 0. The summed E-state index contributed by atoms with van der Waals surface area (Å²) in [6.45, 7) is 6.02. The smallest absolute Gasteiger partial charge is 0.243 e. The number of allylic oxidation sites excluding steroid dienone is 1. The summed E-state index contributed by atoms with van der Waals surface area (Å²) in [5.74, 6) is 0.896. The molecule has 0 saturated carbocycles. The van der Waals surface area contributed by atoms with Crippen LogP contribution in [0.15, 0.2) is 11.5 Å².